The Bertz CT molecular complexity index is 3940. The zero-order valence-electron chi connectivity index (χ0n) is 36.6. The number of fused-ring (bicyclic) bond motifs is 7. The Morgan fingerprint density at radius 3 is 1.54 bits per heavy atom. The van der Waals surface area contributed by atoms with Crippen LogP contribution in [0.4, 0.5) is 17.1 Å². The molecule has 13 aromatic rings. The summed E-state index contributed by atoms with van der Waals surface area (Å²) in [6.45, 7) is 0. The van der Waals surface area contributed by atoms with Crippen LogP contribution in [-0.4, -0.2) is 4.57 Å². The smallest absolute Gasteiger partial charge is 0.143 e. The molecule has 0 fully saturated rings. The molecule has 13 rings (SSSR count). The second kappa shape index (κ2) is 16.0. The second-order valence-electron chi connectivity index (χ2n) is 17.3. The molecule has 2 heterocycles. The van der Waals surface area contributed by atoms with Crippen LogP contribution in [-0.2, 0) is 0 Å². The first-order valence-corrected chi connectivity index (χ1v) is 22.9. The van der Waals surface area contributed by atoms with Crippen molar-refractivity contribution in [2.75, 3.05) is 4.90 Å². The maximum Gasteiger partial charge on any atom is 0.143 e. The molecule has 3 heteroatoms. The minimum Gasteiger partial charge on any atom is -0.455 e. The van der Waals surface area contributed by atoms with Crippen molar-refractivity contribution >= 4 is 71.6 Å². The van der Waals surface area contributed by atoms with E-state index in [-0.39, 0.29) is 0 Å². The summed E-state index contributed by atoms with van der Waals surface area (Å²) in [7, 11) is 0. The van der Waals surface area contributed by atoms with Crippen LogP contribution in [0.1, 0.15) is 0 Å². The quantitative estimate of drug-likeness (QED) is 0.152. The van der Waals surface area contributed by atoms with Crippen molar-refractivity contribution in [3.05, 3.63) is 255 Å². The van der Waals surface area contributed by atoms with Gasteiger partial charge in [0.25, 0.3) is 0 Å². The van der Waals surface area contributed by atoms with E-state index in [4.69, 9.17) is 4.42 Å². The van der Waals surface area contributed by atoms with E-state index in [0.29, 0.717) is 0 Å². The monoisotopic (exact) mass is 854 g/mol. The molecule has 0 aliphatic heterocycles. The lowest BCUT2D eigenvalue weighted by Crippen LogP contribution is -2.09. The van der Waals surface area contributed by atoms with Gasteiger partial charge >= 0.3 is 0 Å². The average molecular weight is 855 g/mol. The summed E-state index contributed by atoms with van der Waals surface area (Å²) >= 11 is 0. The number of benzene rings is 11. The molecule has 2 aromatic heterocycles. The van der Waals surface area contributed by atoms with Gasteiger partial charge < -0.3 is 13.9 Å². The van der Waals surface area contributed by atoms with E-state index in [9.17, 15) is 0 Å². The number of hydrogen-bond donors (Lipinski definition) is 0. The van der Waals surface area contributed by atoms with E-state index < -0.39 is 0 Å². The molecular weight excluding hydrogens is 813 g/mol. The highest BCUT2D eigenvalue weighted by molar-refractivity contribution is 6.17. The summed E-state index contributed by atoms with van der Waals surface area (Å²) in [6.07, 6.45) is 0. The third-order valence-corrected chi connectivity index (χ3v) is 13.4. The number of furan rings is 1. The fourth-order valence-corrected chi connectivity index (χ4v) is 10.2. The Morgan fingerprint density at radius 2 is 0.806 bits per heavy atom. The fourth-order valence-electron chi connectivity index (χ4n) is 10.2. The third kappa shape index (κ3) is 6.59. The highest BCUT2D eigenvalue weighted by Gasteiger charge is 2.19. The van der Waals surface area contributed by atoms with Crippen LogP contribution in [0, 0.1) is 0 Å². The van der Waals surface area contributed by atoms with Crippen LogP contribution >= 0.6 is 0 Å². The first-order chi connectivity index (χ1) is 33.2. The van der Waals surface area contributed by atoms with E-state index in [1.165, 1.54) is 60.5 Å². The van der Waals surface area contributed by atoms with Gasteiger partial charge in [-0.3, -0.25) is 0 Å². The average Bonchev–Trinajstić information content (AvgIpc) is 3.95. The molecule has 0 unspecified atom stereocenters. The van der Waals surface area contributed by atoms with E-state index in [2.05, 4.69) is 258 Å². The molecule has 0 bridgehead atoms. The molecule has 0 spiro atoms. The second-order valence-corrected chi connectivity index (χ2v) is 17.3. The van der Waals surface area contributed by atoms with Gasteiger partial charge in [0.2, 0.25) is 0 Å². The van der Waals surface area contributed by atoms with Crippen molar-refractivity contribution in [3.8, 4) is 50.2 Å². The van der Waals surface area contributed by atoms with Crippen LogP contribution in [0.25, 0.3) is 105 Å². The lowest BCUT2D eigenvalue weighted by Gasteiger charge is -2.26. The number of nitrogens with zero attached hydrogens (tertiary/aromatic N) is 2. The van der Waals surface area contributed by atoms with Gasteiger partial charge in [-0.05, 0) is 111 Å². The van der Waals surface area contributed by atoms with Gasteiger partial charge in [0.1, 0.15) is 11.2 Å². The molecule has 314 valence electrons. The van der Waals surface area contributed by atoms with Crippen molar-refractivity contribution in [2.24, 2.45) is 0 Å². The predicted octanol–water partition coefficient (Wildman–Crippen LogP) is 18.0. The number of rotatable bonds is 8. The van der Waals surface area contributed by atoms with Gasteiger partial charge in [0.15, 0.2) is 0 Å². The van der Waals surface area contributed by atoms with Gasteiger partial charge in [-0.15, -0.1) is 0 Å². The normalized spacial score (nSPS) is 11.6. The standard InChI is InChI=1S/C64H42N2O/c1-3-14-43(15-4-1)44-28-35-50(36-29-44)65(51-37-30-45(31-38-51)49-34-41-62-58(42-49)56-24-12-23-55(64(56)67-62)47-16-5-2-6-17-47)52-39-32-48(33-40-52)54-22-13-27-61-63(54)57-21-9-10-25-60(57)66(61)59-26-11-19-46-18-7-8-20-53(46)59/h1-42H. The summed E-state index contributed by atoms with van der Waals surface area (Å²) < 4.78 is 8.95. The molecule has 0 aliphatic carbocycles. The van der Waals surface area contributed by atoms with Gasteiger partial charge in [0, 0.05) is 49.6 Å². The molecular formula is C64H42N2O. The summed E-state index contributed by atoms with van der Waals surface area (Å²) in [5, 5.41) is 7.19. The highest BCUT2D eigenvalue weighted by Crippen LogP contribution is 2.43. The van der Waals surface area contributed by atoms with Crippen LogP contribution in [0.3, 0.4) is 0 Å². The maximum absolute atomic E-state index is 6.52. The van der Waals surface area contributed by atoms with Gasteiger partial charge in [-0.25, -0.2) is 0 Å². The minimum atomic E-state index is 0.888. The van der Waals surface area contributed by atoms with E-state index in [1.807, 2.05) is 6.07 Å². The van der Waals surface area contributed by atoms with Crippen LogP contribution in [0.5, 0.6) is 0 Å². The Labute approximate surface area is 388 Å². The molecule has 0 radical (unpaired) electrons. The Balaban J connectivity index is 0.893. The predicted molar refractivity (Wildman–Crippen MR) is 282 cm³/mol. The number of para-hydroxylation sites is 2. The van der Waals surface area contributed by atoms with Crippen LogP contribution in [0.2, 0.25) is 0 Å². The van der Waals surface area contributed by atoms with Crippen LogP contribution in [0.15, 0.2) is 259 Å². The van der Waals surface area contributed by atoms with E-state index in [0.717, 1.165) is 61.3 Å². The number of aromatic nitrogens is 1. The molecule has 11 aromatic carbocycles. The molecule has 0 saturated carbocycles. The van der Waals surface area contributed by atoms with Crippen molar-refractivity contribution in [1.29, 1.82) is 0 Å². The molecule has 67 heavy (non-hydrogen) atoms. The molecule has 0 amide bonds. The SMILES string of the molecule is c1ccc(-c2ccc(N(c3ccc(-c4ccc5oc6c(-c7ccccc7)cccc6c5c4)cc3)c3ccc(-c4cccc5c4c4ccccc4n5-c4cccc5ccccc45)cc3)cc2)cc1. The number of hydrogen-bond acceptors (Lipinski definition) is 2. The minimum absolute atomic E-state index is 0.888. The Morgan fingerprint density at radius 1 is 0.313 bits per heavy atom. The first-order valence-electron chi connectivity index (χ1n) is 22.9. The Kier molecular flexibility index (Phi) is 9.17. The van der Waals surface area contributed by atoms with E-state index in [1.54, 1.807) is 0 Å². The van der Waals surface area contributed by atoms with Crippen molar-refractivity contribution < 1.29 is 4.42 Å². The zero-order chi connectivity index (χ0) is 44.3. The highest BCUT2D eigenvalue weighted by atomic mass is 16.3. The first kappa shape index (κ1) is 38.5. The largest absolute Gasteiger partial charge is 0.455 e. The Hall–Kier alpha value is -8.92. The van der Waals surface area contributed by atoms with Crippen molar-refractivity contribution in [3.63, 3.8) is 0 Å². The zero-order valence-corrected chi connectivity index (χ0v) is 36.6. The lowest BCUT2D eigenvalue weighted by atomic mass is 9.98. The van der Waals surface area contributed by atoms with Crippen LogP contribution < -0.4 is 4.90 Å². The maximum atomic E-state index is 6.52. The molecule has 3 nitrogen and oxygen atoms in total. The van der Waals surface area contributed by atoms with Gasteiger partial charge in [0.05, 0.1) is 16.7 Å². The molecule has 0 N–H and O–H groups in total. The summed E-state index contributed by atoms with van der Waals surface area (Å²) in [4.78, 5) is 2.35. The van der Waals surface area contributed by atoms with Gasteiger partial charge in [-0.1, -0.05) is 188 Å². The molecule has 0 atom stereocenters. The fraction of sp³-hybridized carbons (Fsp3) is 0. The van der Waals surface area contributed by atoms with E-state index >= 15 is 0 Å². The van der Waals surface area contributed by atoms with Crippen molar-refractivity contribution in [2.45, 2.75) is 0 Å². The lowest BCUT2D eigenvalue weighted by molar-refractivity contribution is 0.670. The topological polar surface area (TPSA) is 21.3 Å². The summed E-state index contributed by atoms with van der Waals surface area (Å²) in [5.74, 6) is 0. The molecule has 0 aliphatic rings. The molecule has 0 saturated heterocycles. The summed E-state index contributed by atoms with van der Waals surface area (Å²) in [6, 6.07) is 91.8. The number of anilines is 3. The third-order valence-electron chi connectivity index (χ3n) is 13.4. The van der Waals surface area contributed by atoms with Gasteiger partial charge in [-0.2, -0.15) is 0 Å². The summed E-state index contributed by atoms with van der Waals surface area (Å²) in [5.41, 5.74) is 17.9. The van der Waals surface area contributed by atoms with Crippen molar-refractivity contribution in [1.82, 2.24) is 4.57 Å².